The Morgan fingerprint density at radius 2 is 2.22 bits per heavy atom. The van der Waals surface area contributed by atoms with E-state index in [4.69, 9.17) is 26.6 Å². The normalized spacial score (nSPS) is 13.7. The van der Waals surface area contributed by atoms with Crippen molar-refractivity contribution < 1.29 is 14.9 Å². The zero-order valence-electron chi connectivity index (χ0n) is 5.09. The van der Waals surface area contributed by atoms with Gasteiger partial charge in [0.25, 0.3) is 0 Å². The predicted octanol–water partition coefficient (Wildman–Crippen LogP) is -0.405. The maximum atomic E-state index is 8.67. The van der Waals surface area contributed by atoms with Crippen molar-refractivity contribution in [1.82, 2.24) is 0 Å². The number of ether oxygens (including phenoxy) is 1. The van der Waals surface area contributed by atoms with Gasteiger partial charge in [-0.3, -0.25) is 0 Å². The quantitative estimate of drug-likeness (QED) is 0.418. The second kappa shape index (κ2) is 6.29. The van der Waals surface area contributed by atoms with Crippen molar-refractivity contribution in [2.45, 2.75) is 6.10 Å². The molecule has 0 aliphatic rings. The minimum Gasteiger partial charge on any atom is -0.394 e. The van der Waals surface area contributed by atoms with Crippen LogP contribution >= 0.6 is 11.6 Å². The highest BCUT2D eigenvalue weighted by Crippen LogP contribution is 1.84. The van der Waals surface area contributed by atoms with Gasteiger partial charge in [0.1, 0.15) is 6.10 Å². The summed E-state index contributed by atoms with van der Waals surface area (Å²) < 4.78 is 4.79. The molecular formula is C5H11ClO3. The van der Waals surface area contributed by atoms with Crippen molar-refractivity contribution in [3.63, 3.8) is 0 Å². The summed E-state index contributed by atoms with van der Waals surface area (Å²) in [6.45, 7) is 0.310. The lowest BCUT2D eigenvalue weighted by Crippen LogP contribution is -2.19. The van der Waals surface area contributed by atoms with Gasteiger partial charge in [0.05, 0.1) is 19.8 Å². The Morgan fingerprint density at radius 3 is 2.67 bits per heavy atom. The van der Waals surface area contributed by atoms with E-state index in [1.165, 1.54) is 0 Å². The van der Waals surface area contributed by atoms with Crippen LogP contribution in [-0.4, -0.2) is 42.0 Å². The minimum atomic E-state index is -0.770. The second-order valence-electron chi connectivity index (χ2n) is 1.60. The molecule has 0 fully saturated rings. The van der Waals surface area contributed by atoms with Crippen molar-refractivity contribution in [2.75, 3.05) is 25.7 Å². The molecule has 0 aromatic heterocycles. The van der Waals surface area contributed by atoms with Crippen LogP contribution in [0.4, 0.5) is 0 Å². The highest BCUT2D eigenvalue weighted by Gasteiger charge is 1.99. The molecule has 0 heterocycles. The Labute approximate surface area is 59.2 Å². The average molecular weight is 155 g/mol. The van der Waals surface area contributed by atoms with Gasteiger partial charge in [-0.15, -0.1) is 11.6 Å². The summed E-state index contributed by atoms with van der Waals surface area (Å²) in [4.78, 5) is 0. The standard InChI is InChI=1S/C5H11ClO3/c6-1-2-9-4-5(8)3-7/h5,7-8H,1-4H2. The summed E-state index contributed by atoms with van der Waals surface area (Å²) in [6.07, 6.45) is -0.770. The van der Waals surface area contributed by atoms with E-state index >= 15 is 0 Å². The Hall–Kier alpha value is 0.170. The first kappa shape index (κ1) is 9.17. The van der Waals surface area contributed by atoms with Gasteiger partial charge in [-0.05, 0) is 0 Å². The van der Waals surface area contributed by atoms with E-state index in [1.807, 2.05) is 0 Å². The lowest BCUT2D eigenvalue weighted by molar-refractivity contribution is 0.0109. The topological polar surface area (TPSA) is 49.7 Å². The molecule has 4 heteroatoms. The first-order valence-electron chi connectivity index (χ1n) is 2.74. The van der Waals surface area contributed by atoms with Crippen molar-refractivity contribution in [2.24, 2.45) is 0 Å². The molecule has 0 spiro atoms. The van der Waals surface area contributed by atoms with Crippen molar-refractivity contribution in [3.8, 4) is 0 Å². The summed E-state index contributed by atoms with van der Waals surface area (Å²) in [5.74, 6) is 0.415. The maximum Gasteiger partial charge on any atom is 0.100 e. The summed E-state index contributed by atoms with van der Waals surface area (Å²) in [7, 11) is 0. The third kappa shape index (κ3) is 6.05. The molecule has 0 aromatic carbocycles. The van der Waals surface area contributed by atoms with E-state index in [0.717, 1.165) is 0 Å². The van der Waals surface area contributed by atoms with Crippen LogP contribution in [0.3, 0.4) is 0 Å². The predicted molar refractivity (Wildman–Crippen MR) is 34.6 cm³/mol. The van der Waals surface area contributed by atoms with Gasteiger partial charge in [-0.2, -0.15) is 0 Å². The average Bonchev–Trinajstić information content (AvgIpc) is 1.89. The molecule has 56 valence electrons. The molecule has 2 N–H and O–H groups in total. The number of alkyl halides is 1. The Morgan fingerprint density at radius 1 is 1.56 bits per heavy atom. The van der Waals surface area contributed by atoms with Crippen LogP contribution in [-0.2, 0) is 4.74 Å². The van der Waals surface area contributed by atoms with Crippen LogP contribution in [0, 0.1) is 0 Å². The summed E-state index contributed by atoms with van der Waals surface area (Å²) in [5, 5.41) is 16.9. The Balaban J connectivity index is 2.88. The zero-order valence-corrected chi connectivity index (χ0v) is 5.84. The molecular weight excluding hydrogens is 144 g/mol. The van der Waals surface area contributed by atoms with Gasteiger partial charge in [0, 0.05) is 5.88 Å². The number of rotatable bonds is 5. The minimum absolute atomic E-state index is 0.156. The van der Waals surface area contributed by atoms with E-state index < -0.39 is 6.10 Å². The summed E-state index contributed by atoms with van der Waals surface area (Å²) >= 11 is 5.26. The first-order valence-corrected chi connectivity index (χ1v) is 3.27. The van der Waals surface area contributed by atoms with E-state index in [2.05, 4.69) is 0 Å². The van der Waals surface area contributed by atoms with Gasteiger partial charge in [-0.1, -0.05) is 0 Å². The fourth-order valence-electron chi connectivity index (χ4n) is 0.327. The molecule has 0 radical (unpaired) electrons. The molecule has 0 aliphatic heterocycles. The Kier molecular flexibility index (Phi) is 6.41. The number of hydrogen-bond donors (Lipinski definition) is 2. The SMILES string of the molecule is OCC(O)COCCCl. The van der Waals surface area contributed by atoms with Gasteiger partial charge >= 0.3 is 0 Å². The van der Waals surface area contributed by atoms with Crippen molar-refractivity contribution in [3.05, 3.63) is 0 Å². The van der Waals surface area contributed by atoms with Crippen LogP contribution in [0.2, 0.25) is 0 Å². The molecule has 0 bridgehead atoms. The Bertz CT molecular complexity index is 60.2. The highest BCUT2D eigenvalue weighted by atomic mass is 35.5. The molecule has 1 unspecified atom stereocenters. The molecule has 0 saturated heterocycles. The van der Waals surface area contributed by atoms with Crippen molar-refractivity contribution in [1.29, 1.82) is 0 Å². The molecule has 0 aliphatic carbocycles. The van der Waals surface area contributed by atoms with Crippen molar-refractivity contribution >= 4 is 11.6 Å². The van der Waals surface area contributed by atoms with Crippen LogP contribution in [0.15, 0.2) is 0 Å². The third-order valence-corrected chi connectivity index (χ3v) is 0.897. The highest BCUT2D eigenvalue weighted by molar-refractivity contribution is 6.17. The lowest BCUT2D eigenvalue weighted by Gasteiger charge is -2.05. The fraction of sp³-hybridized carbons (Fsp3) is 1.00. The maximum absolute atomic E-state index is 8.67. The number of aliphatic hydroxyl groups excluding tert-OH is 2. The van der Waals surface area contributed by atoms with Gasteiger partial charge in [0.2, 0.25) is 0 Å². The van der Waals surface area contributed by atoms with Crippen LogP contribution in [0.1, 0.15) is 0 Å². The van der Waals surface area contributed by atoms with Crippen LogP contribution < -0.4 is 0 Å². The number of aliphatic hydroxyl groups is 2. The molecule has 0 aromatic rings. The summed E-state index contributed by atoms with van der Waals surface area (Å²) in [6, 6.07) is 0. The van der Waals surface area contributed by atoms with Gasteiger partial charge < -0.3 is 14.9 Å². The molecule has 0 rings (SSSR count). The fourth-order valence-corrected chi connectivity index (χ4v) is 0.436. The molecule has 0 amide bonds. The monoisotopic (exact) mass is 154 g/mol. The van der Waals surface area contributed by atoms with Gasteiger partial charge in [0.15, 0.2) is 0 Å². The first-order chi connectivity index (χ1) is 4.31. The number of hydrogen-bond acceptors (Lipinski definition) is 3. The van der Waals surface area contributed by atoms with E-state index in [9.17, 15) is 0 Å². The number of halogens is 1. The molecule has 1 atom stereocenters. The smallest absolute Gasteiger partial charge is 0.100 e. The summed E-state index contributed by atoms with van der Waals surface area (Å²) in [5.41, 5.74) is 0. The van der Waals surface area contributed by atoms with E-state index in [0.29, 0.717) is 12.5 Å². The lowest BCUT2D eigenvalue weighted by atomic mass is 10.4. The van der Waals surface area contributed by atoms with E-state index in [1.54, 1.807) is 0 Å². The largest absolute Gasteiger partial charge is 0.394 e. The molecule has 0 saturated carbocycles. The van der Waals surface area contributed by atoms with Crippen LogP contribution in [0.25, 0.3) is 0 Å². The third-order valence-electron chi connectivity index (χ3n) is 0.742. The second-order valence-corrected chi connectivity index (χ2v) is 1.98. The van der Waals surface area contributed by atoms with E-state index in [-0.39, 0.29) is 13.2 Å². The van der Waals surface area contributed by atoms with Crippen LogP contribution in [0.5, 0.6) is 0 Å². The zero-order chi connectivity index (χ0) is 7.11. The molecule has 3 nitrogen and oxygen atoms in total. The molecule has 9 heavy (non-hydrogen) atoms. The van der Waals surface area contributed by atoms with Gasteiger partial charge in [-0.25, -0.2) is 0 Å².